The Labute approximate surface area is 162 Å². The normalized spacial score (nSPS) is 11.1. The summed E-state index contributed by atoms with van der Waals surface area (Å²) in [6.07, 6.45) is 0. The van der Waals surface area contributed by atoms with Crippen LogP contribution in [-0.2, 0) is 11.3 Å². The van der Waals surface area contributed by atoms with Crippen molar-refractivity contribution in [3.05, 3.63) is 66.6 Å². The Morgan fingerprint density at radius 2 is 1.96 bits per heavy atom. The number of ether oxygens (including phenoxy) is 1. The lowest BCUT2D eigenvalue weighted by atomic mass is 10.1. The number of anilines is 2. The Hall–Kier alpha value is -2.45. The molecule has 27 heavy (non-hydrogen) atoms. The number of nitrogens with zero attached hydrogens (tertiary/aromatic N) is 1. The average Bonchev–Trinajstić information content (AvgIpc) is 2.65. The van der Waals surface area contributed by atoms with E-state index in [-0.39, 0.29) is 33.5 Å². The molecular weight excluding hydrogens is 419 g/mol. The summed E-state index contributed by atoms with van der Waals surface area (Å²) in [5, 5.41) is 3.07. The summed E-state index contributed by atoms with van der Waals surface area (Å²) in [5.41, 5.74) is 0.352. The molecule has 2 heterocycles. The molecule has 0 aliphatic heterocycles. The molecule has 2 aromatic heterocycles. The molecule has 142 valence electrons. The van der Waals surface area contributed by atoms with Crippen LogP contribution in [-0.4, -0.2) is 18.3 Å². The molecule has 0 saturated carbocycles. The van der Waals surface area contributed by atoms with Crippen molar-refractivity contribution < 1.29 is 13.5 Å². The van der Waals surface area contributed by atoms with E-state index in [1.807, 2.05) is 0 Å². The number of nitrogens with one attached hydrogen (secondary N) is 1. The Morgan fingerprint density at radius 1 is 1.26 bits per heavy atom. The van der Waals surface area contributed by atoms with Crippen LogP contribution in [0.15, 0.2) is 42.7 Å². The number of hydrogen-bond donors (Lipinski definition) is 1. The fourth-order valence-electron chi connectivity index (χ4n) is 2.86. The molecule has 3 rings (SSSR count). The zero-order valence-corrected chi connectivity index (χ0v) is 16.6. The topological polar surface area (TPSA) is 73.5 Å². The summed E-state index contributed by atoms with van der Waals surface area (Å²) in [5.74, 6) is -0.496. The molecule has 0 fully saturated rings. The molecule has 1 aromatic carbocycles. The highest BCUT2D eigenvalue weighted by Gasteiger charge is 2.21. The van der Waals surface area contributed by atoms with Crippen LogP contribution < -0.4 is 16.5 Å². The first-order valence-electron chi connectivity index (χ1n) is 8.23. The molecule has 8 heteroatoms. The van der Waals surface area contributed by atoms with Crippen molar-refractivity contribution in [2.45, 2.75) is 20.4 Å². The molecule has 0 amide bonds. The predicted molar refractivity (Wildman–Crippen MR) is 105 cm³/mol. The highest BCUT2D eigenvalue weighted by molar-refractivity contribution is 9.10. The van der Waals surface area contributed by atoms with Gasteiger partial charge in [0.05, 0.1) is 28.0 Å². The lowest BCUT2D eigenvalue weighted by molar-refractivity contribution is 0.185. The van der Waals surface area contributed by atoms with Crippen molar-refractivity contribution in [3.63, 3.8) is 0 Å². The lowest BCUT2D eigenvalue weighted by Crippen LogP contribution is -2.27. The van der Waals surface area contributed by atoms with Crippen LogP contribution >= 0.6 is 15.9 Å². The molecule has 6 nitrogen and oxygen atoms in total. The first-order valence-corrected chi connectivity index (χ1v) is 9.03. The van der Waals surface area contributed by atoms with E-state index in [1.165, 1.54) is 23.6 Å². The number of halogens is 2. The third-order valence-electron chi connectivity index (χ3n) is 4.39. The van der Waals surface area contributed by atoms with Crippen LogP contribution in [0.3, 0.4) is 0 Å². The van der Waals surface area contributed by atoms with E-state index in [0.717, 1.165) is 0 Å². The summed E-state index contributed by atoms with van der Waals surface area (Å²) < 4.78 is 26.6. The number of pyridine rings is 1. The summed E-state index contributed by atoms with van der Waals surface area (Å²) in [4.78, 5) is 25.5. The van der Waals surface area contributed by atoms with Crippen molar-refractivity contribution in [1.29, 1.82) is 0 Å². The van der Waals surface area contributed by atoms with Gasteiger partial charge in [0, 0.05) is 19.3 Å². The van der Waals surface area contributed by atoms with Crippen molar-refractivity contribution >= 4 is 38.3 Å². The molecule has 0 radical (unpaired) electrons. The molecule has 0 aliphatic carbocycles. The van der Waals surface area contributed by atoms with Crippen LogP contribution in [0.25, 0.3) is 11.0 Å². The quantitative estimate of drug-likeness (QED) is 0.657. The largest absolute Gasteiger partial charge is 0.421 e. The number of benzene rings is 1. The SMILES string of the molecule is COCCn1c(C)c(Br)c2oc(=O)c(C)c(Nc3ccccc3F)c2c1=O. The number of rotatable bonds is 5. The molecule has 1 N–H and O–H groups in total. The maximum absolute atomic E-state index is 14.1. The summed E-state index contributed by atoms with van der Waals surface area (Å²) >= 11 is 3.42. The van der Waals surface area contributed by atoms with Crippen molar-refractivity contribution in [2.24, 2.45) is 0 Å². The fourth-order valence-corrected chi connectivity index (χ4v) is 3.35. The highest BCUT2D eigenvalue weighted by atomic mass is 79.9. The Balaban J connectivity index is 2.36. The van der Waals surface area contributed by atoms with Crippen molar-refractivity contribution in [1.82, 2.24) is 4.57 Å². The van der Waals surface area contributed by atoms with Crippen LogP contribution in [0, 0.1) is 19.7 Å². The number of methoxy groups -OCH3 is 1. The number of para-hydroxylation sites is 1. The monoisotopic (exact) mass is 436 g/mol. The van der Waals surface area contributed by atoms with Gasteiger partial charge in [-0.05, 0) is 41.9 Å². The van der Waals surface area contributed by atoms with Gasteiger partial charge in [0.25, 0.3) is 5.56 Å². The second kappa shape index (κ2) is 7.66. The number of fused-ring (bicyclic) bond motifs is 1. The van der Waals surface area contributed by atoms with Gasteiger partial charge in [-0.1, -0.05) is 12.1 Å². The van der Waals surface area contributed by atoms with Gasteiger partial charge < -0.3 is 19.0 Å². The second-order valence-electron chi connectivity index (χ2n) is 6.05. The first-order chi connectivity index (χ1) is 12.9. The Morgan fingerprint density at radius 3 is 2.63 bits per heavy atom. The highest BCUT2D eigenvalue weighted by Crippen LogP contribution is 2.32. The number of hydrogen-bond acceptors (Lipinski definition) is 5. The molecular formula is C19H18BrFN2O4. The van der Waals surface area contributed by atoms with E-state index in [4.69, 9.17) is 9.15 Å². The van der Waals surface area contributed by atoms with Crippen LogP contribution in [0.5, 0.6) is 0 Å². The van der Waals surface area contributed by atoms with Crippen LogP contribution in [0.1, 0.15) is 11.3 Å². The molecule has 0 aliphatic rings. The zero-order valence-electron chi connectivity index (χ0n) is 15.1. The minimum absolute atomic E-state index is 0.126. The third kappa shape index (κ3) is 3.42. The van der Waals surface area contributed by atoms with Gasteiger partial charge in [-0.15, -0.1) is 0 Å². The molecule has 0 unspecified atom stereocenters. The van der Waals surface area contributed by atoms with E-state index in [2.05, 4.69) is 21.2 Å². The standard InChI is InChI=1S/C19H18BrFN2O4/c1-10-16(22-13-7-5-4-6-12(13)21)14-17(27-19(10)25)15(20)11(2)23(18(14)24)8-9-26-3/h4-7,22H,8-9H2,1-3H3. The molecule has 0 atom stereocenters. The van der Waals surface area contributed by atoms with E-state index in [0.29, 0.717) is 23.3 Å². The van der Waals surface area contributed by atoms with E-state index < -0.39 is 11.4 Å². The summed E-state index contributed by atoms with van der Waals surface area (Å²) in [7, 11) is 1.55. The first kappa shape index (κ1) is 19.3. The lowest BCUT2D eigenvalue weighted by Gasteiger charge is -2.17. The predicted octanol–water partition coefficient (Wildman–Crippen LogP) is 3.86. The Bertz CT molecular complexity index is 1140. The zero-order chi connectivity index (χ0) is 19.7. The maximum atomic E-state index is 14.1. The summed E-state index contributed by atoms with van der Waals surface area (Å²) in [6, 6.07) is 6.04. The average molecular weight is 437 g/mol. The molecule has 0 bridgehead atoms. The minimum atomic E-state index is -0.601. The van der Waals surface area contributed by atoms with Crippen LogP contribution in [0.2, 0.25) is 0 Å². The van der Waals surface area contributed by atoms with Crippen LogP contribution in [0.4, 0.5) is 15.8 Å². The number of aromatic nitrogens is 1. The maximum Gasteiger partial charge on any atom is 0.341 e. The smallest absolute Gasteiger partial charge is 0.341 e. The molecule has 0 spiro atoms. The van der Waals surface area contributed by atoms with Crippen molar-refractivity contribution in [3.8, 4) is 0 Å². The minimum Gasteiger partial charge on any atom is -0.421 e. The Kier molecular flexibility index (Phi) is 5.48. The van der Waals surface area contributed by atoms with Gasteiger partial charge in [0.1, 0.15) is 11.2 Å². The van der Waals surface area contributed by atoms with Gasteiger partial charge in [0.2, 0.25) is 0 Å². The van der Waals surface area contributed by atoms with E-state index >= 15 is 0 Å². The van der Waals surface area contributed by atoms with Gasteiger partial charge >= 0.3 is 5.63 Å². The van der Waals surface area contributed by atoms with Crippen molar-refractivity contribution in [2.75, 3.05) is 19.0 Å². The van der Waals surface area contributed by atoms with E-state index in [1.54, 1.807) is 26.2 Å². The van der Waals surface area contributed by atoms with E-state index in [9.17, 15) is 14.0 Å². The second-order valence-corrected chi connectivity index (χ2v) is 6.84. The van der Waals surface area contributed by atoms with Gasteiger partial charge in [0.15, 0.2) is 5.58 Å². The van der Waals surface area contributed by atoms with Gasteiger partial charge in [-0.3, -0.25) is 4.79 Å². The fraction of sp³-hybridized carbons (Fsp3) is 0.263. The molecule has 0 saturated heterocycles. The van der Waals surface area contributed by atoms with Gasteiger partial charge in [-0.2, -0.15) is 0 Å². The molecule has 3 aromatic rings. The van der Waals surface area contributed by atoms with Gasteiger partial charge in [-0.25, -0.2) is 9.18 Å². The summed E-state index contributed by atoms with van der Waals surface area (Å²) in [6.45, 7) is 3.93. The third-order valence-corrected chi connectivity index (χ3v) is 5.32.